The molecule has 0 aromatic heterocycles. The van der Waals surface area contributed by atoms with E-state index in [9.17, 15) is 14.4 Å². The predicted octanol–water partition coefficient (Wildman–Crippen LogP) is 0.740. The third-order valence-electron chi connectivity index (χ3n) is 5.37. The summed E-state index contributed by atoms with van der Waals surface area (Å²) in [5, 5.41) is 0. The van der Waals surface area contributed by atoms with Crippen LogP contribution in [-0.4, -0.2) is 49.0 Å². The first kappa shape index (κ1) is 14.8. The number of fused-ring (bicyclic) bond motifs is 2. The van der Waals surface area contributed by atoms with Gasteiger partial charge in [-0.2, -0.15) is 0 Å². The predicted molar refractivity (Wildman–Crippen MR) is 69.6 cm³/mol. The Morgan fingerprint density at radius 2 is 1.90 bits per heavy atom. The Balaban J connectivity index is 2.30. The molecule has 2 rings (SSSR count). The van der Waals surface area contributed by atoms with E-state index in [1.807, 2.05) is 20.8 Å². The third kappa shape index (κ3) is 1.53. The number of hydrogen-bond donors (Lipinski definition) is 0. The number of methoxy groups -OCH3 is 1. The lowest BCUT2D eigenvalue weighted by Gasteiger charge is -2.37. The smallest absolute Gasteiger partial charge is 0.325 e. The fraction of sp³-hybridized carbons (Fsp3) is 0.786. The molecule has 2 bridgehead atoms. The summed E-state index contributed by atoms with van der Waals surface area (Å²) < 4.78 is 10.0. The van der Waals surface area contributed by atoms with Gasteiger partial charge in [0.2, 0.25) is 0 Å². The number of nitrogens with zero attached hydrogens (tertiary/aromatic N) is 1. The number of amides is 1. The average Bonchev–Trinajstić information content (AvgIpc) is 2.67. The second-order valence-corrected chi connectivity index (χ2v) is 6.41. The standard InChI is InChI=1S/C14H21NO5/c1-12(2)13(3)6-7-14(12,20-11(13)18)10(17)15(4)8-9(16)19-5/h6-8H2,1-5H3/t13-,14+/m0/s1. The minimum Gasteiger partial charge on any atom is -0.468 e. The maximum Gasteiger partial charge on any atom is 0.325 e. The van der Waals surface area contributed by atoms with Crippen molar-refractivity contribution in [3.05, 3.63) is 0 Å². The summed E-state index contributed by atoms with van der Waals surface area (Å²) in [5.74, 6) is -1.16. The average molecular weight is 283 g/mol. The highest BCUT2D eigenvalue weighted by Gasteiger charge is 2.76. The Morgan fingerprint density at radius 1 is 1.30 bits per heavy atom. The van der Waals surface area contributed by atoms with Crippen LogP contribution >= 0.6 is 0 Å². The van der Waals surface area contributed by atoms with E-state index in [2.05, 4.69) is 4.74 Å². The van der Waals surface area contributed by atoms with Crippen LogP contribution in [0.5, 0.6) is 0 Å². The van der Waals surface area contributed by atoms with E-state index in [0.717, 1.165) is 0 Å². The van der Waals surface area contributed by atoms with Crippen molar-refractivity contribution in [2.24, 2.45) is 10.8 Å². The summed E-state index contributed by atoms with van der Waals surface area (Å²) >= 11 is 0. The van der Waals surface area contributed by atoms with E-state index in [0.29, 0.717) is 12.8 Å². The molecule has 6 nitrogen and oxygen atoms in total. The summed E-state index contributed by atoms with van der Waals surface area (Å²) in [6.45, 7) is 5.46. The highest BCUT2D eigenvalue weighted by molar-refractivity contribution is 5.97. The van der Waals surface area contributed by atoms with Crippen molar-refractivity contribution >= 4 is 17.8 Å². The highest BCUT2D eigenvalue weighted by atomic mass is 16.6. The Bertz CT molecular complexity index is 486. The molecular weight excluding hydrogens is 262 g/mol. The first-order chi connectivity index (χ1) is 9.12. The van der Waals surface area contributed by atoms with E-state index >= 15 is 0 Å². The van der Waals surface area contributed by atoms with Gasteiger partial charge in [0.1, 0.15) is 6.54 Å². The van der Waals surface area contributed by atoms with Crippen LogP contribution in [0.1, 0.15) is 33.6 Å². The number of carbonyl (C=O) groups excluding carboxylic acids is 3. The van der Waals surface area contributed by atoms with E-state index in [1.54, 1.807) is 0 Å². The minimum absolute atomic E-state index is 0.151. The summed E-state index contributed by atoms with van der Waals surface area (Å²) in [6, 6.07) is 0. The monoisotopic (exact) mass is 283 g/mol. The van der Waals surface area contributed by atoms with Crippen molar-refractivity contribution in [2.75, 3.05) is 20.7 Å². The van der Waals surface area contributed by atoms with Crippen LogP contribution in [-0.2, 0) is 23.9 Å². The molecule has 0 aromatic carbocycles. The fourth-order valence-electron chi connectivity index (χ4n) is 3.36. The van der Waals surface area contributed by atoms with Crippen LogP contribution in [0, 0.1) is 10.8 Å². The first-order valence-electron chi connectivity index (χ1n) is 6.68. The van der Waals surface area contributed by atoms with Gasteiger partial charge in [0.05, 0.1) is 12.5 Å². The van der Waals surface area contributed by atoms with Crippen LogP contribution in [0.15, 0.2) is 0 Å². The largest absolute Gasteiger partial charge is 0.468 e. The number of rotatable bonds is 3. The molecule has 112 valence electrons. The quantitative estimate of drug-likeness (QED) is 0.714. The van der Waals surface area contributed by atoms with Crippen LogP contribution < -0.4 is 0 Å². The van der Waals surface area contributed by atoms with Crippen molar-refractivity contribution in [3.8, 4) is 0 Å². The summed E-state index contributed by atoms with van der Waals surface area (Å²) in [5.41, 5.74) is -2.41. The molecule has 0 N–H and O–H groups in total. The molecule has 0 radical (unpaired) electrons. The molecule has 1 amide bonds. The lowest BCUT2D eigenvalue weighted by atomic mass is 9.66. The summed E-state index contributed by atoms with van der Waals surface area (Å²) in [4.78, 5) is 37.4. The van der Waals surface area contributed by atoms with E-state index in [4.69, 9.17) is 4.74 Å². The van der Waals surface area contributed by atoms with Crippen LogP contribution in [0.4, 0.5) is 0 Å². The summed E-state index contributed by atoms with van der Waals surface area (Å²) in [6.07, 6.45) is 1.11. The molecule has 2 aliphatic rings. The fourth-order valence-corrected chi connectivity index (χ4v) is 3.36. The second kappa shape index (κ2) is 4.20. The van der Waals surface area contributed by atoms with Gasteiger partial charge in [-0.25, -0.2) is 0 Å². The van der Waals surface area contributed by atoms with Gasteiger partial charge < -0.3 is 14.4 Å². The van der Waals surface area contributed by atoms with Crippen molar-refractivity contribution < 1.29 is 23.9 Å². The Labute approximate surface area is 118 Å². The molecule has 20 heavy (non-hydrogen) atoms. The maximum atomic E-state index is 12.7. The summed E-state index contributed by atoms with van der Waals surface area (Å²) in [7, 11) is 2.79. The molecule has 0 aromatic rings. The number of ether oxygens (including phenoxy) is 2. The molecule has 1 aliphatic carbocycles. The van der Waals surface area contributed by atoms with Crippen molar-refractivity contribution in [1.29, 1.82) is 0 Å². The minimum atomic E-state index is -1.17. The van der Waals surface area contributed by atoms with E-state index in [1.165, 1.54) is 19.1 Å². The van der Waals surface area contributed by atoms with E-state index < -0.39 is 22.4 Å². The van der Waals surface area contributed by atoms with Crippen LogP contribution in [0.2, 0.25) is 0 Å². The van der Waals surface area contributed by atoms with Crippen LogP contribution in [0.3, 0.4) is 0 Å². The van der Waals surface area contributed by atoms with Gasteiger partial charge in [-0.3, -0.25) is 14.4 Å². The molecule has 1 saturated carbocycles. The van der Waals surface area contributed by atoms with Crippen molar-refractivity contribution in [1.82, 2.24) is 4.90 Å². The van der Waals surface area contributed by atoms with Gasteiger partial charge in [-0.15, -0.1) is 0 Å². The lowest BCUT2D eigenvalue weighted by molar-refractivity contribution is -0.174. The normalized spacial score (nSPS) is 33.8. The van der Waals surface area contributed by atoms with Crippen LogP contribution in [0.25, 0.3) is 0 Å². The molecule has 1 heterocycles. The number of likely N-dealkylation sites (N-methyl/N-ethyl adjacent to an activating group) is 1. The second-order valence-electron chi connectivity index (χ2n) is 6.41. The number of esters is 2. The molecular formula is C14H21NO5. The zero-order valence-corrected chi connectivity index (χ0v) is 12.6. The Kier molecular flexibility index (Phi) is 3.11. The molecule has 0 spiro atoms. The Morgan fingerprint density at radius 3 is 2.30 bits per heavy atom. The molecule has 1 aliphatic heterocycles. The first-order valence-corrected chi connectivity index (χ1v) is 6.68. The molecule has 1 saturated heterocycles. The zero-order valence-electron chi connectivity index (χ0n) is 12.6. The topological polar surface area (TPSA) is 72.9 Å². The van der Waals surface area contributed by atoms with Gasteiger partial charge in [-0.1, -0.05) is 13.8 Å². The number of hydrogen-bond acceptors (Lipinski definition) is 5. The maximum absolute atomic E-state index is 12.7. The molecule has 6 heteroatoms. The van der Waals surface area contributed by atoms with Gasteiger partial charge in [-0.05, 0) is 19.8 Å². The van der Waals surface area contributed by atoms with Gasteiger partial charge in [0.25, 0.3) is 5.91 Å². The van der Waals surface area contributed by atoms with Crippen molar-refractivity contribution in [3.63, 3.8) is 0 Å². The Hall–Kier alpha value is -1.59. The van der Waals surface area contributed by atoms with Crippen molar-refractivity contribution in [2.45, 2.75) is 39.2 Å². The molecule has 2 fully saturated rings. The van der Waals surface area contributed by atoms with Gasteiger partial charge in [0, 0.05) is 12.5 Å². The van der Waals surface area contributed by atoms with E-state index in [-0.39, 0.29) is 18.4 Å². The molecule has 2 atom stereocenters. The zero-order chi connectivity index (χ0) is 15.3. The van der Waals surface area contributed by atoms with Gasteiger partial charge >= 0.3 is 11.9 Å². The highest BCUT2D eigenvalue weighted by Crippen LogP contribution is 2.65. The molecule has 0 unspecified atom stereocenters. The SMILES string of the molecule is COC(=O)CN(C)C(=O)[C@@]12CC[C@@](C)(C(=O)O1)C2(C)C. The number of carbonyl (C=O) groups is 3. The van der Waals surface area contributed by atoms with Gasteiger partial charge in [0.15, 0.2) is 5.60 Å². The lowest BCUT2D eigenvalue weighted by Crippen LogP contribution is -2.54. The third-order valence-corrected chi connectivity index (χ3v) is 5.37.